The highest BCUT2D eigenvalue weighted by molar-refractivity contribution is 7.87. The Kier molecular flexibility index (Phi) is 4.99. The molecule has 1 aliphatic heterocycles. The molecular formula is C5H8ClNO6S. The van der Waals surface area contributed by atoms with Gasteiger partial charge in [-0.2, -0.15) is 13.5 Å². The summed E-state index contributed by atoms with van der Waals surface area (Å²) >= 11 is 4.64. The lowest BCUT2D eigenvalue weighted by Crippen LogP contribution is -2.24. The molecule has 0 saturated carbocycles. The molecule has 2 amide bonds. The molecule has 1 heterocycles. The van der Waals surface area contributed by atoms with Crippen molar-refractivity contribution < 1.29 is 27.8 Å². The van der Waals surface area contributed by atoms with E-state index in [0.29, 0.717) is 0 Å². The van der Waals surface area contributed by atoms with Crippen LogP contribution < -0.4 is 0 Å². The van der Waals surface area contributed by atoms with Crippen LogP contribution in [0.15, 0.2) is 0 Å². The Morgan fingerprint density at radius 3 is 1.64 bits per heavy atom. The monoisotopic (exact) mass is 245 g/mol. The summed E-state index contributed by atoms with van der Waals surface area (Å²) in [5.74, 6) is -1.01. The van der Waals surface area contributed by atoms with Crippen molar-refractivity contribution in [1.29, 1.82) is 0 Å². The number of hydrogen-bond acceptors (Lipinski definition) is 5. The first kappa shape index (κ1) is 13.3. The van der Waals surface area contributed by atoms with Crippen molar-refractivity contribution in [2.75, 3.05) is 5.21 Å². The maximum atomic E-state index is 10.2. The Morgan fingerprint density at radius 2 is 1.57 bits per heavy atom. The van der Waals surface area contributed by atoms with Crippen LogP contribution >= 0.6 is 11.6 Å². The summed E-state index contributed by atoms with van der Waals surface area (Å²) < 4.78 is 26.5. The molecule has 0 atom stereocenters. The van der Waals surface area contributed by atoms with Gasteiger partial charge in [-0.3, -0.25) is 19.3 Å². The van der Waals surface area contributed by atoms with Crippen molar-refractivity contribution in [2.24, 2.45) is 0 Å². The van der Waals surface area contributed by atoms with E-state index in [1.807, 2.05) is 0 Å². The summed E-state index contributed by atoms with van der Waals surface area (Å²) in [6.07, 6.45) is 0.296. The Labute approximate surface area is 85.0 Å². The fourth-order valence-corrected chi connectivity index (χ4v) is 0.565. The second-order valence-electron chi connectivity index (χ2n) is 2.29. The Hall–Kier alpha value is -0.700. The third-order valence-corrected chi connectivity index (χ3v) is 2.27. The summed E-state index contributed by atoms with van der Waals surface area (Å²) in [5, 5.41) is 7.84. The zero-order valence-electron chi connectivity index (χ0n) is 6.88. The smallest absolute Gasteiger partial charge is 0.279 e. The van der Waals surface area contributed by atoms with Gasteiger partial charge in [-0.25, -0.2) is 0 Å². The number of rotatable bonds is 1. The predicted octanol–water partition coefficient (Wildman–Crippen LogP) is -0.405. The van der Waals surface area contributed by atoms with Crippen LogP contribution in [0.3, 0.4) is 0 Å². The molecular weight excluding hydrogens is 238 g/mol. The molecule has 1 aliphatic rings. The minimum absolute atomic E-state index is 0.148. The van der Waals surface area contributed by atoms with Crippen molar-refractivity contribution in [1.82, 2.24) is 5.06 Å². The summed E-state index contributed by atoms with van der Waals surface area (Å²) in [6.45, 7) is 0. The number of hydroxylamine groups is 2. The second-order valence-corrected chi connectivity index (χ2v) is 4.33. The average Bonchev–Trinajstić information content (AvgIpc) is 2.36. The van der Waals surface area contributed by atoms with Crippen molar-refractivity contribution in [3.8, 4) is 0 Å². The van der Waals surface area contributed by atoms with Crippen LogP contribution in [0.25, 0.3) is 0 Å². The molecule has 0 radical (unpaired) electrons. The number of carbonyl (C=O) groups excluding carboxylic acids is 2. The van der Waals surface area contributed by atoms with E-state index in [2.05, 4.69) is 11.6 Å². The molecule has 0 bridgehead atoms. The van der Waals surface area contributed by atoms with Crippen LogP contribution in [0.5, 0.6) is 0 Å². The molecule has 0 aromatic heterocycles. The maximum absolute atomic E-state index is 10.2. The first-order chi connectivity index (χ1) is 6.28. The molecule has 1 rings (SSSR count). The van der Waals surface area contributed by atoms with Gasteiger partial charge in [-0.15, -0.1) is 11.6 Å². The van der Waals surface area contributed by atoms with Crippen molar-refractivity contribution in [3.63, 3.8) is 0 Å². The number of imide groups is 1. The summed E-state index contributed by atoms with van der Waals surface area (Å²) in [5.41, 5.74) is 0. The zero-order chi connectivity index (χ0) is 11.4. The normalized spacial score (nSPS) is 16.6. The largest absolute Gasteiger partial charge is 0.285 e. The van der Waals surface area contributed by atoms with E-state index in [1.165, 1.54) is 0 Å². The fourth-order valence-electron chi connectivity index (χ4n) is 0.565. The number of nitrogens with zero attached hydrogens (tertiary/aromatic N) is 1. The third kappa shape index (κ3) is 5.12. The average molecular weight is 246 g/mol. The van der Waals surface area contributed by atoms with Crippen LogP contribution in [0.1, 0.15) is 12.8 Å². The topological polar surface area (TPSA) is 112 Å². The molecule has 9 heteroatoms. The Morgan fingerprint density at radius 1 is 1.29 bits per heavy atom. The minimum atomic E-state index is -3.90. The number of alkyl halides is 1. The summed E-state index contributed by atoms with van der Waals surface area (Å²) in [7, 11) is -3.90. The highest BCUT2D eigenvalue weighted by Crippen LogP contribution is 2.06. The van der Waals surface area contributed by atoms with E-state index in [4.69, 9.17) is 9.76 Å². The first-order valence-electron chi connectivity index (χ1n) is 3.33. The van der Waals surface area contributed by atoms with E-state index in [9.17, 15) is 18.0 Å². The van der Waals surface area contributed by atoms with Gasteiger partial charge in [0.15, 0.2) is 0 Å². The van der Waals surface area contributed by atoms with Crippen molar-refractivity contribution in [3.05, 3.63) is 0 Å². The molecule has 7 nitrogen and oxygen atoms in total. The van der Waals surface area contributed by atoms with E-state index in [-0.39, 0.29) is 17.9 Å². The molecule has 1 fully saturated rings. The van der Waals surface area contributed by atoms with Gasteiger partial charge in [0.2, 0.25) is 0 Å². The van der Waals surface area contributed by atoms with E-state index < -0.39 is 27.1 Å². The van der Waals surface area contributed by atoms with Gasteiger partial charge in [0.25, 0.3) is 21.9 Å². The highest BCUT2D eigenvalue weighted by Gasteiger charge is 2.26. The Balaban J connectivity index is 0.000000255. The van der Waals surface area contributed by atoms with Crippen LogP contribution in [-0.2, 0) is 19.7 Å². The summed E-state index contributed by atoms with van der Waals surface area (Å²) in [6, 6.07) is 0. The predicted molar refractivity (Wildman–Crippen MR) is 45.1 cm³/mol. The number of hydrogen-bond donors (Lipinski definition) is 2. The van der Waals surface area contributed by atoms with Gasteiger partial charge in [0.1, 0.15) is 5.21 Å². The van der Waals surface area contributed by atoms with Gasteiger partial charge in [-0.1, -0.05) is 0 Å². The molecule has 0 unspecified atom stereocenters. The van der Waals surface area contributed by atoms with Gasteiger partial charge in [0, 0.05) is 12.8 Å². The van der Waals surface area contributed by atoms with Gasteiger partial charge in [0.05, 0.1) is 0 Å². The molecule has 0 aromatic carbocycles. The van der Waals surface area contributed by atoms with E-state index in [0.717, 1.165) is 0 Å². The lowest BCUT2D eigenvalue weighted by Gasteiger charge is -1.98. The molecule has 2 N–H and O–H groups in total. The van der Waals surface area contributed by atoms with Gasteiger partial charge < -0.3 is 0 Å². The molecule has 0 aromatic rings. The van der Waals surface area contributed by atoms with E-state index in [1.54, 1.807) is 0 Å². The first-order valence-corrected chi connectivity index (χ1v) is 5.48. The number of amides is 2. The molecule has 82 valence electrons. The molecule has 14 heavy (non-hydrogen) atoms. The quantitative estimate of drug-likeness (QED) is 0.281. The van der Waals surface area contributed by atoms with Gasteiger partial charge in [-0.05, 0) is 0 Å². The molecule has 0 aliphatic carbocycles. The van der Waals surface area contributed by atoms with Crippen molar-refractivity contribution in [2.45, 2.75) is 12.8 Å². The third-order valence-electron chi connectivity index (χ3n) is 1.16. The molecule has 0 spiro atoms. The lowest BCUT2D eigenvalue weighted by molar-refractivity contribution is -0.171. The van der Waals surface area contributed by atoms with E-state index >= 15 is 0 Å². The highest BCUT2D eigenvalue weighted by atomic mass is 35.5. The maximum Gasteiger partial charge on any atom is 0.279 e. The van der Waals surface area contributed by atoms with Gasteiger partial charge >= 0.3 is 0 Å². The van der Waals surface area contributed by atoms with Crippen LogP contribution in [-0.4, -0.2) is 40.3 Å². The number of carbonyl (C=O) groups is 2. The second kappa shape index (κ2) is 5.25. The fraction of sp³-hybridized carbons (Fsp3) is 0.600. The standard InChI is InChI=1S/C4H5NO3.CH3ClO3S/c6-3-1-2-4(7)5(3)8;2-1-6(3,4)5/h8H,1-2H2;1H2,(H,3,4,5). The Bertz CT molecular complexity index is 309. The van der Waals surface area contributed by atoms with Crippen LogP contribution in [0, 0.1) is 0 Å². The summed E-state index contributed by atoms with van der Waals surface area (Å²) in [4.78, 5) is 20.5. The molecule has 1 saturated heterocycles. The van der Waals surface area contributed by atoms with Crippen LogP contribution in [0.4, 0.5) is 0 Å². The SMILES string of the molecule is O=C1CCC(=O)N1O.O=S(=O)(O)CCl. The lowest BCUT2D eigenvalue weighted by atomic mass is 10.4. The minimum Gasteiger partial charge on any atom is -0.285 e. The zero-order valence-corrected chi connectivity index (χ0v) is 8.45. The van der Waals surface area contributed by atoms with Crippen LogP contribution in [0.2, 0.25) is 0 Å². The number of halogens is 1. The van der Waals surface area contributed by atoms with Crippen molar-refractivity contribution >= 4 is 33.5 Å².